The van der Waals surface area contributed by atoms with Crippen molar-refractivity contribution in [1.29, 1.82) is 0 Å². The summed E-state index contributed by atoms with van der Waals surface area (Å²) in [5, 5.41) is 2.65. The molecule has 0 bridgehead atoms. The Morgan fingerprint density at radius 1 is 1.19 bits per heavy atom. The van der Waals surface area contributed by atoms with E-state index in [1.807, 2.05) is 30.3 Å². The molecule has 1 heterocycles. The number of rotatable bonds is 9. The number of hydrogen-bond donors (Lipinski definition) is 1. The molecule has 1 aromatic carbocycles. The SMILES string of the molecule is CCOC(=O)C1CC2CC2N1C(=O)CNC(=O)CCCOc1ccccc1. The highest BCUT2D eigenvalue weighted by atomic mass is 16.5. The van der Waals surface area contributed by atoms with E-state index < -0.39 is 6.04 Å². The molecule has 0 aromatic heterocycles. The maximum absolute atomic E-state index is 12.5. The number of fused-ring (bicyclic) bond motifs is 1. The van der Waals surface area contributed by atoms with Gasteiger partial charge in [0.2, 0.25) is 11.8 Å². The third-order valence-corrected chi connectivity index (χ3v) is 4.95. The molecule has 1 N–H and O–H groups in total. The summed E-state index contributed by atoms with van der Waals surface area (Å²) in [5.41, 5.74) is 0. The lowest BCUT2D eigenvalue weighted by molar-refractivity contribution is -0.153. The van der Waals surface area contributed by atoms with Crippen LogP contribution >= 0.6 is 0 Å². The Balaban J connectivity index is 1.36. The fourth-order valence-corrected chi connectivity index (χ4v) is 3.56. The molecule has 146 valence electrons. The molecule has 3 unspecified atom stereocenters. The highest BCUT2D eigenvalue weighted by molar-refractivity contribution is 5.89. The highest BCUT2D eigenvalue weighted by Crippen LogP contribution is 2.48. The van der Waals surface area contributed by atoms with Crippen LogP contribution in [-0.4, -0.2) is 54.5 Å². The maximum Gasteiger partial charge on any atom is 0.328 e. The van der Waals surface area contributed by atoms with E-state index in [1.54, 1.807) is 11.8 Å². The minimum absolute atomic E-state index is 0.0858. The van der Waals surface area contributed by atoms with Crippen LogP contribution in [0.3, 0.4) is 0 Å². The molecule has 0 radical (unpaired) electrons. The lowest BCUT2D eigenvalue weighted by Gasteiger charge is -2.26. The number of para-hydroxylation sites is 1. The molecule has 2 amide bonds. The Morgan fingerprint density at radius 2 is 1.96 bits per heavy atom. The average molecular weight is 374 g/mol. The number of hydrogen-bond acceptors (Lipinski definition) is 5. The Bertz CT molecular complexity index is 678. The van der Waals surface area contributed by atoms with E-state index in [1.165, 1.54) is 0 Å². The summed E-state index contributed by atoms with van der Waals surface area (Å²) in [6.45, 7) is 2.40. The van der Waals surface area contributed by atoms with Crippen LogP contribution in [0.1, 0.15) is 32.6 Å². The zero-order chi connectivity index (χ0) is 19.2. The van der Waals surface area contributed by atoms with E-state index in [9.17, 15) is 14.4 Å². The van der Waals surface area contributed by atoms with Gasteiger partial charge in [0.25, 0.3) is 0 Å². The van der Waals surface area contributed by atoms with Crippen LogP contribution in [0.15, 0.2) is 30.3 Å². The Kier molecular flexibility index (Phi) is 6.32. The minimum Gasteiger partial charge on any atom is -0.494 e. The maximum atomic E-state index is 12.5. The van der Waals surface area contributed by atoms with Gasteiger partial charge in [0, 0.05) is 12.5 Å². The molecule has 2 aliphatic rings. The van der Waals surface area contributed by atoms with Gasteiger partial charge in [0.15, 0.2) is 0 Å². The van der Waals surface area contributed by atoms with E-state index in [0.29, 0.717) is 32.0 Å². The van der Waals surface area contributed by atoms with Crippen molar-refractivity contribution in [2.45, 2.75) is 44.7 Å². The van der Waals surface area contributed by atoms with Crippen LogP contribution in [0, 0.1) is 5.92 Å². The monoisotopic (exact) mass is 374 g/mol. The normalized spacial score (nSPS) is 22.7. The molecule has 1 saturated heterocycles. The quantitative estimate of drug-likeness (QED) is 0.523. The van der Waals surface area contributed by atoms with Gasteiger partial charge in [-0.15, -0.1) is 0 Å². The third kappa shape index (κ3) is 4.99. The predicted octanol–water partition coefficient (Wildman–Crippen LogP) is 1.51. The van der Waals surface area contributed by atoms with Gasteiger partial charge >= 0.3 is 5.97 Å². The summed E-state index contributed by atoms with van der Waals surface area (Å²) in [6.07, 6.45) is 2.45. The predicted molar refractivity (Wildman–Crippen MR) is 98.0 cm³/mol. The molecule has 3 atom stereocenters. The molecule has 1 aliphatic heterocycles. The molecule has 7 nitrogen and oxygen atoms in total. The fourth-order valence-electron chi connectivity index (χ4n) is 3.56. The number of nitrogens with zero attached hydrogens (tertiary/aromatic N) is 1. The van der Waals surface area contributed by atoms with Gasteiger partial charge < -0.3 is 19.7 Å². The van der Waals surface area contributed by atoms with Crippen molar-refractivity contribution in [1.82, 2.24) is 10.2 Å². The molecule has 1 aliphatic carbocycles. The summed E-state index contributed by atoms with van der Waals surface area (Å²) in [7, 11) is 0. The molecule has 3 rings (SSSR count). The minimum atomic E-state index is -0.502. The average Bonchev–Trinajstić information content (AvgIpc) is 3.34. The van der Waals surface area contributed by atoms with E-state index in [2.05, 4.69) is 5.32 Å². The van der Waals surface area contributed by atoms with Crippen molar-refractivity contribution < 1.29 is 23.9 Å². The standard InChI is InChI=1S/C20H26N2O5/c1-2-26-20(25)17-12-14-11-16(14)22(17)19(24)13-21-18(23)9-6-10-27-15-7-4-3-5-8-15/h3-5,7-8,14,16-17H,2,6,9-13H2,1H3,(H,21,23). The van der Waals surface area contributed by atoms with Crippen molar-refractivity contribution in [3.63, 3.8) is 0 Å². The zero-order valence-electron chi connectivity index (χ0n) is 15.6. The second-order valence-corrected chi connectivity index (χ2v) is 6.91. The van der Waals surface area contributed by atoms with Crippen LogP contribution in [0.25, 0.3) is 0 Å². The molecule has 27 heavy (non-hydrogen) atoms. The lowest BCUT2D eigenvalue weighted by Crippen LogP contribution is -2.48. The molecule has 2 fully saturated rings. The number of esters is 1. The Labute approximate surface area is 159 Å². The van der Waals surface area contributed by atoms with Crippen LogP contribution in [0.5, 0.6) is 5.75 Å². The van der Waals surface area contributed by atoms with Crippen molar-refractivity contribution in [2.24, 2.45) is 5.92 Å². The van der Waals surface area contributed by atoms with Crippen LogP contribution < -0.4 is 10.1 Å². The van der Waals surface area contributed by atoms with E-state index in [0.717, 1.165) is 12.2 Å². The summed E-state index contributed by atoms with van der Waals surface area (Å²) in [4.78, 5) is 38.1. The molecule has 0 spiro atoms. The molecule has 1 aromatic rings. The van der Waals surface area contributed by atoms with Crippen molar-refractivity contribution in [2.75, 3.05) is 19.8 Å². The first kappa shape index (κ1) is 19.2. The highest BCUT2D eigenvalue weighted by Gasteiger charge is 2.56. The first-order valence-electron chi connectivity index (χ1n) is 9.52. The lowest BCUT2D eigenvalue weighted by atomic mass is 10.1. The number of carbonyl (C=O) groups excluding carboxylic acids is 3. The van der Waals surface area contributed by atoms with Crippen molar-refractivity contribution >= 4 is 17.8 Å². The van der Waals surface area contributed by atoms with Gasteiger partial charge in [0.1, 0.15) is 11.8 Å². The Hall–Kier alpha value is -2.57. The molecule has 7 heteroatoms. The third-order valence-electron chi connectivity index (χ3n) is 4.95. The van der Waals surface area contributed by atoms with Gasteiger partial charge in [-0.05, 0) is 44.2 Å². The fraction of sp³-hybridized carbons (Fsp3) is 0.550. The van der Waals surface area contributed by atoms with E-state index in [-0.39, 0.29) is 36.8 Å². The topological polar surface area (TPSA) is 84.9 Å². The van der Waals surface area contributed by atoms with Crippen LogP contribution in [0.4, 0.5) is 0 Å². The molecular formula is C20H26N2O5. The smallest absolute Gasteiger partial charge is 0.328 e. The number of benzene rings is 1. The van der Waals surface area contributed by atoms with Crippen molar-refractivity contribution in [3.8, 4) is 5.75 Å². The van der Waals surface area contributed by atoms with Gasteiger partial charge in [-0.3, -0.25) is 9.59 Å². The summed E-state index contributed by atoms with van der Waals surface area (Å²) in [5.74, 6) is 0.411. The number of carbonyl (C=O) groups is 3. The number of piperidine rings is 1. The summed E-state index contributed by atoms with van der Waals surface area (Å²) in [6, 6.07) is 9.04. The zero-order valence-corrected chi connectivity index (χ0v) is 15.6. The number of ether oxygens (including phenoxy) is 2. The van der Waals surface area contributed by atoms with Gasteiger partial charge in [-0.1, -0.05) is 18.2 Å². The largest absolute Gasteiger partial charge is 0.494 e. The summed E-state index contributed by atoms with van der Waals surface area (Å²) >= 11 is 0. The first-order valence-corrected chi connectivity index (χ1v) is 9.52. The van der Waals surface area contributed by atoms with Gasteiger partial charge in [0.05, 0.1) is 19.8 Å². The van der Waals surface area contributed by atoms with Crippen LogP contribution in [-0.2, 0) is 19.1 Å². The van der Waals surface area contributed by atoms with Gasteiger partial charge in [-0.25, -0.2) is 4.79 Å². The van der Waals surface area contributed by atoms with E-state index in [4.69, 9.17) is 9.47 Å². The van der Waals surface area contributed by atoms with Gasteiger partial charge in [-0.2, -0.15) is 0 Å². The number of likely N-dealkylation sites (tertiary alicyclic amines) is 1. The second kappa shape index (κ2) is 8.88. The van der Waals surface area contributed by atoms with Crippen molar-refractivity contribution in [3.05, 3.63) is 30.3 Å². The molecular weight excluding hydrogens is 348 g/mol. The first-order chi connectivity index (χ1) is 13.1. The molecule has 1 saturated carbocycles. The summed E-state index contributed by atoms with van der Waals surface area (Å²) < 4.78 is 10.6. The number of nitrogens with one attached hydrogen (secondary N) is 1. The van der Waals surface area contributed by atoms with Crippen LogP contribution in [0.2, 0.25) is 0 Å². The number of amides is 2. The second-order valence-electron chi connectivity index (χ2n) is 6.91. The van der Waals surface area contributed by atoms with E-state index >= 15 is 0 Å². The Morgan fingerprint density at radius 3 is 2.70 bits per heavy atom.